The van der Waals surface area contributed by atoms with Gasteiger partial charge >= 0.3 is 12.1 Å². The average Bonchev–Trinajstić information content (AvgIpc) is 2.66. The molecule has 0 atom stereocenters. The lowest BCUT2D eigenvalue weighted by Gasteiger charge is -2.35. The molecule has 1 heterocycles. The third kappa shape index (κ3) is 4.30. The van der Waals surface area contributed by atoms with Crippen molar-refractivity contribution in [3.05, 3.63) is 65.5 Å². The second-order valence-electron chi connectivity index (χ2n) is 6.02. The van der Waals surface area contributed by atoms with Crippen LogP contribution in [-0.4, -0.2) is 48.2 Å². The van der Waals surface area contributed by atoms with Crippen LogP contribution in [0.1, 0.15) is 15.9 Å². The fraction of sp³-hybridized carbons (Fsp3) is 0.263. The van der Waals surface area contributed by atoms with E-state index in [-0.39, 0.29) is 18.3 Å². The first-order valence-electron chi connectivity index (χ1n) is 8.27. The molecule has 6 nitrogen and oxygen atoms in total. The summed E-state index contributed by atoms with van der Waals surface area (Å²) < 4.78 is 18.9. The lowest BCUT2D eigenvalue weighted by atomic mass is 10.1. The number of carbonyl (C=O) groups excluding carboxylic acids is 1. The SMILES string of the molecule is O=C(O)c1cc(F)cc(N2CCN(C(=O)OCc3ccccc3)CC2)c1. The highest BCUT2D eigenvalue weighted by atomic mass is 19.1. The summed E-state index contributed by atoms with van der Waals surface area (Å²) in [7, 11) is 0. The number of amides is 1. The lowest BCUT2D eigenvalue weighted by molar-refractivity contribution is 0.0696. The van der Waals surface area contributed by atoms with Crippen LogP contribution in [0.4, 0.5) is 14.9 Å². The van der Waals surface area contributed by atoms with Crippen LogP contribution >= 0.6 is 0 Å². The minimum Gasteiger partial charge on any atom is -0.478 e. The van der Waals surface area contributed by atoms with Crippen molar-refractivity contribution in [2.75, 3.05) is 31.1 Å². The summed E-state index contributed by atoms with van der Waals surface area (Å²) in [6.07, 6.45) is -0.390. The van der Waals surface area contributed by atoms with Gasteiger partial charge in [0.05, 0.1) is 5.56 Å². The Morgan fingerprint density at radius 1 is 1.04 bits per heavy atom. The van der Waals surface area contributed by atoms with E-state index in [1.807, 2.05) is 35.2 Å². The molecule has 3 rings (SSSR count). The molecule has 2 aromatic carbocycles. The molecule has 0 bridgehead atoms. The number of carboxylic acid groups (broad SMARTS) is 1. The van der Waals surface area contributed by atoms with Crippen LogP contribution in [0.25, 0.3) is 0 Å². The summed E-state index contributed by atoms with van der Waals surface area (Å²) in [5, 5.41) is 9.05. The highest BCUT2D eigenvalue weighted by molar-refractivity contribution is 5.89. The molecule has 1 aliphatic heterocycles. The summed E-state index contributed by atoms with van der Waals surface area (Å²) in [5.74, 6) is -1.77. The van der Waals surface area contributed by atoms with Crippen LogP contribution in [0.2, 0.25) is 0 Å². The molecule has 0 radical (unpaired) electrons. The van der Waals surface area contributed by atoms with Crippen molar-refractivity contribution in [3.63, 3.8) is 0 Å². The van der Waals surface area contributed by atoms with Gasteiger partial charge in [-0.25, -0.2) is 14.0 Å². The van der Waals surface area contributed by atoms with Crippen molar-refractivity contribution < 1.29 is 23.8 Å². The van der Waals surface area contributed by atoms with E-state index in [1.165, 1.54) is 12.1 Å². The minimum absolute atomic E-state index is 0.0929. The van der Waals surface area contributed by atoms with Gasteiger partial charge in [-0.05, 0) is 23.8 Å². The number of carboxylic acids is 1. The Kier molecular flexibility index (Phi) is 5.36. The first-order valence-corrected chi connectivity index (χ1v) is 8.27. The Balaban J connectivity index is 1.55. The standard InChI is InChI=1S/C19H19FN2O4/c20-16-10-15(18(23)24)11-17(12-16)21-6-8-22(9-7-21)19(25)26-13-14-4-2-1-3-5-14/h1-5,10-12H,6-9,13H2,(H,23,24). The predicted molar refractivity (Wildman–Crippen MR) is 93.8 cm³/mol. The molecule has 0 unspecified atom stereocenters. The molecule has 0 aromatic heterocycles. The molecule has 7 heteroatoms. The average molecular weight is 358 g/mol. The van der Waals surface area contributed by atoms with Gasteiger partial charge in [-0.3, -0.25) is 0 Å². The van der Waals surface area contributed by atoms with Gasteiger partial charge < -0.3 is 19.6 Å². The van der Waals surface area contributed by atoms with Crippen LogP contribution < -0.4 is 4.90 Å². The van der Waals surface area contributed by atoms with Crippen LogP contribution in [0.5, 0.6) is 0 Å². The number of piperazine rings is 1. The number of ether oxygens (including phenoxy) is 1. The second kappa shape index (κ2) is 7.86. The number of aromatic carboxylic acids is 1. The van der Waals surface area contributed by atoms with Gasteiger partial charge in [0.25, 0.3) is 0 Å². The van der Waals surface area contributed by atoms with E-state index >= 15 is 0 Å². The maximum atomic E-state index is 13.6. The fourth-order valence-corrected chi connectivity index (χ4v) is 2.84. The van der Waals surface area contributed by atoms with Gasteiger partial charge in [0, 0.05) is 31.9 Å². The van der Waals surface area contributed by atoms with Crippen molar-refractivity contribution in [1.82, 2.24) is 4.90 Å². The zero-order valence-corrected chi connectivity index (χ0v) is 14.1. The molecule has 1 N–H and O–H groups in total. The maximum Gasteiger partial charge on any atom is 0.410 e. The van der Waals surface area contributed by atoms with E-state index in [0.29, 0.717) is 31.9 Å². The number of benzene rings is 2. The van der Waals surface area contributed by atoms with Crippen LogP contribution in [-0.2, 0) is 11.3 Å². The first-order chi connectivity index (χ1) is 12.5. The molecule has 1 aliphatic rings. The predicted octanol–water partition coefficient (Wildman–Crippen LogP) is 2.98. The molecular weight excluding hydrogens is 339 g/mol. The van der Waals surface area contributed by atoms with E-state index < -0.39 is 11.8 Å². The Morgan fingerprint density at radius 3 is 2.38 bits per heavy atom. The topological polar surface area (TPSA) is 70.1 Å². The van der Waals surface area contributed by atoms with E-state index in [9.17, 15) is 14.0 Å². The number of halogens is 1. The zero-order valence-electron chi connectivity index (χ0n) is 14.1. The number of hydrogen-bond donors (Lipinski definition) is 1. The third-order valence-electron chi connectivity index (χ3n) is 4.24. The minimum atomic E-state index is -1.17. The highest BCUT2D eigenvalue weighted by Crippen LogP contribution is 2.21. The Bertz CT molecular complexity index is 789. The van der Waals surface area contributed by atoms with Crippen molar-refractivity contribution in [2.45, 2.75) is 6.61 Å². The Morgan fingerprint density at radius 2 is 1.73 bits per heavy atom. The van der Waals surface area contributed by atoms with Crippen LogP contribution in [0.15, 0.2) is 48.5 Å². The van der Waals surface area contributed by atoms with E-state index in [4.69, 9.17) is 9.84 Å². The zero-order chi connectivity index (χ0) is 18.5. The quantitative estimate of drug-likeness (QED) is 0.910. The second-order valence-corrected chi connectivity index (χ2v) is 6.02. The molecule has 1 fully saturated rings. The molecule has 2 aromatic rings. The summed E-state index contributed by atoms with van der Waals surface area (Å²) in [6.45, 7) is 2.01. The van der Waals surface area contributed by atoms with E-state index in [0.717, 1.165) is 11.6 Å². The number of rotatable bonds is 4. The molecule has 0 spiro atoms. The molecule has 0 saturated carbocycles. The maximum absolute atomic E-state index is 13.6. The van der Waals surface area contributed by atoms with Crippen LogP contribution in [0.3, 0.4) is 0 Å². The van der Waals surface area contributed by atoms with Crippen molar-refractivity contribution >= 4 is 17.7 Å². The van der Waals surface area contributed by atoms with Gasteiger partial charge in [-0.2, -0.15) is 0 Å². The molecule has 1 amide bonds. The fourth-order valence-electron chi connectivity index (χ4n) is 2.84. The van der Waals surface area contributed by atoms with Gasteiger partial charge in [0.2, 0.25) is 0 Å². The molecule has 136 valence electrons. The van der Waals surface area contributed by atoms with Crippen LogP contribution in [0, 0.1) is 5.82 Å². The van der Waals surface area contributed by atoms with Crippen molar-refractivity contribution in [3.8, 4) is 0 Å². The summed E-state index contributed by atoms with van der Waals surface area (Å²) in [6, 6.07) is 13.2. The van der Waals surface area contributed by atoms with Gasteiger partial charge in [0.15, 0.2) is 0 Å². The van der Waals surface area contributed by atoms with E-state index in [2.05, 4.69) is 0 Å². The normalized spacial score (nSPS) is 14.2. The summed E-state index contributed by atoms with van der Waals surface area (Å²) in [5.41, 5.74) is 1.32. The monoisotopic (exact) mass is 358 g/mol. The molecule has 1 saturated heterocycles. The smallest absolute Gasteiger partial charge is 0.410 e. The van der Waals surface area contributed by atoms with E-state index in [1.54, 1.807) is 4.90 Å². The number of carbonyl (C=O) groups is 2. The Labute approximate surface area is 150 Å². The number of hydrogen-bond acceptors (Lipinski definition) is 4. The van der Waals surface area contributed by atoms with Gasteiger partial charge in [-0.1, -0.05) is 30.3 Å². The van der Waals surface area contributed by atoms with Crippen molar-refractivity contribution in [2.24, 2.45) is 0 Å². The third-order valence-corrected chi connectivity index (χ3v) is 4.24. The summed E-state index contributed by atoms with van der Waals surface area (Å²) in [4.78, 5) is 26.7. The first kappa shape index (κ1) is 17.7. The largest absolute Gasteiger partial charge is 0.478 e. The van der Waals surface area contributed by atoms with Gasteiger partial charge in [0.1, 0.15) is 12.4 Å². The number of anilines is 1. The highest BCUT2D eigenvalue weighted by Gasteiger charge is 2.23. The Hall–Kier alpha value is -3.09. The molecule has 26 heavy (non-hydrogen) atoms. The van der Waals surface area contributed by atoms with Gasteiger partial charge in [-0.15, -0.1) is 0 Å². The molecule has 0 aliphatic carbocycles. The number of nitrogens with zero attached hydrogens (tertiary/aromatic N) is 2. The molecular formula is C19H19FN2O4. The lowest BCUT2D eigenvalue weighted by Crippen LogP contribution is -2.49. The summed E-state index contributed by atoms with van der Waals surface area (Å²) >= 11 is 0. The van der Waals surface area contributed by atoms with Crippen molar-refractivity contribution in [1.29, 1.82) is 0 Å².